The zero-order chi connectivity index (χ0) is 8.39. The molecule has 0 fully saturated rings. The number of fused-ring (bicyclic) bond motifs is 1. The molecule has 4 nitrogen and oxygen atoms in total. The zero-order valence-electron chi connectivity index (χ0n) is 6.74. The van der Waals surface area contributed by atoms with Crippen molar-refractivity contribution >= 4 is 11.0 Å². The molecular weight excluding hydrogens is 154 g/mol. The number of hydrogen-bond donors (Lipinski definition) is 1. The summed E-state index contributed by atoms with van der Waals surface area (Å²) in [5.74, 6) is 0. The summed E-state index contributed by atoms with van der Waals surface area (Å²) >= 11 is 0. The minimum absolute atomic E-state index is 0.783. The maximum atomic E-state index is 4.62. The van der Waals surface area contributed by atoms with E-state index in [-0.39, 0.29) is 0 Å². The summed E-state index contributed by atoms with van der Waals surface area (Å²) < 4.78 is 4.62. The van der Waals surface area contributed by atoms with E-state index in [4.69, 9.17) is 0 Å². The predicted octanol–water partition coefficient (Wildman–Crippen LogP) is 0.942. The SMILES string of the molecule is CNCc1cccc2nonc12. The van der Waals surface area contributed by atoms with Crippen LogP contribution in [-0.2, 0) is 6.54 Å². The molecule has 0 aliphatic carbocycles. The van der Waals surface area contributed by atoms with Crippen LogP contribution in [0.15, 0.2) is 22.8 Å². The summed E-state index contributed by atoms with van der Waals surface area (Å²) in [6.45, 7) is 0.783. The lowest BCUT2D eigenvalue weighted by Gasteiger charge is -1.97. The van der Waals surface area contributed by atoms with Crippen LogP contribution < -0.4 is 5.32 Å². The van der Waals surface area contributed by atoms with E-state index in [0.717, 1.165) is 23.1 Å². The number of rotatable bonds is 2. The molecule has 2 rings (SSSR count). The van der Waals surface area contributed by atoms with E-state index in [1.165, 1.54) is 0 Å². The van der Waals surface area contributed by atoms with E-state index in [2.05, 4.69) is 20.3 Å². The van der Waals surface area contributed by atoms with Crippen molar-refractivity contribution in [3.05, 3.63) is 23.8 Å². The molecule has 0 amide bonds. The van der Waals surface area contributed by atoms with E-state index < -0.39 is 0 Å². The molecule has 0 unspecified atom stereocenters. The average Bonchev–Trinajstić information content (AvgIpc) is 2.53. The van der Waals surface area contributed by atoms with Crippen LogP contribution in [0.3, 0.4) is 0 Å². The van der Waals surface area contributed by atoms with Gasteiger partial charge in [-0.25, -0.2) is 4.63 Å². The van der Waals surface area contributed by atoms with Gasteiger partial charge in [-0.3, -0.25) is 0 Å². The highest BCUT2D eigenvalue weighted by Gasteiger charge is 2.03. The molecule has 1 aromatic carbocycles. The van der Waals surface area contributed by atoms with E-state index in [1.54, 1.807) is 0 Å². The monoisotopic (exact) mass is 163 g/mol. The van der Waals surface area contributed by atoms with Crippen LogP contribution >= 0.6 is 0 Å². The standard InChI is InChI=1S/C8H9N3O/c1-9-5-6-3-2-4-7-8(6)11-12-10-7/h2-4,9H,5H2,1H3. The van der Waals surface area contributed by atoms with Crippen molar-refractivity contribution in [2.75, 3.05) is 7.05 Å². The van der Waals surface area contributed by atoms with Crippen LogP contribution in [0.25, 0.3) is 11.0 Å². The third-order valence-electron chi connectivity index (χ3n) is 1.74. The molecule has 4 heteroatoms. The summed E-state index contributed by atoms with van der Waals surface area (Å²) in [6, 6.07) is 5.83. The second kappa shape index (κ2) is 2.91. The van der Waals surface area contributed by atoms with Crippen molar-refractivity contribution < 1.29 is 4.63 Å². The molecule has 0 aliphatic rings. The highest BCUT2D eigenvalue weighted by molar-refractivity contribution is 5.76. The number of nitrogens with one attached hydrogen (secondary N) is 1. The van der Waals surface area contributed by atoms with Gasteiger partial charge in [0.2, 0.25) is 0 Å². The molecular formula is C8H9N3O. The lowest BCUT2D eigenvalue weighted by Crippen LogP contribution is -2.05. The minimum Gasteiger partial charge on any atom is -0.316 e. The first-order valence-electron chi connectivity index (χ1n) is 3.76. The summed E-state index contributed by atoms with van der Waals surface area (Å²) in [5, 5.41) is 10.6. The number of benzene rings is 1. The minimum atomic E-state index is 0.783. The molecule has 1 aromatic heterocycles. The van der Waals surface area contributed by atoms with Gasteiger partial charge in [0, 0.05) is 6.54 Å². The Hall–Kier alpha value is -1.42. The maximum absolute atomic E-state index is 4.62. The molecule has 0 radical (unpaired) electrons. The lowest BCUT2D eigenvalue weighted by atomic mass is 10.2. The van der Waals surface area contributed by atoms with Gasteiger partial charge in [-0.05, 0) is 29.0 Å². The Morgan fingerprint density at radius 3 is 3.17 bits per heavy atom. The number of nitrogens with zero attached hydrogens (tertiary/aromatic N) is 2. The predicted molar refractivity (Wildman–Crippen MR) is 44.6 cm³/mol. The third-order valence-corrected chi connectivity index (χ3v) is 1.74. The second-order valence-corrected chi connectivity index (χ2v) is 2.58. The van der Waals surface area contributed by atoms with Crippen LogP contribution in [0.5, 0.6) is 0 Å². The topological polar surface area (TPSA) is 51.0 Å². The van der Waals surface area contributed by atoms with Crippen LogP contribution in [0.4, 0.5) is 0 Å². The smallest absolute Gasteiger partial charge is 0.139 e. The van der Waals surface area contributed by atoms with Gasteiger partial charge in [-0.1, -0.05) is 12.1 Å². The van der Waals surface area contributed by atoms with Gasteiger partial charge in [0.05, 0.1) is 0 Å². The quantitative estimate of drug-likeness (QED) is 0.715. The first kappa shape index (κ1) is 7.24. The van der Waals surface area contributed by atoms with E-state index in [0.29, 0.717) is 0 Å². The fourth-order valence-electron chi connectivity index (χ4n) is 1.20. The molecule has 0 bridgehead atoms. The van der Waals surface area contributed by atoms with Gasteiger partial charge in [0.15, 0.2) is 0 Å². The summed E-state index contributed by atoms with van der Waals surface area (Å²) in [4.78, 5) is 0. The van der Waals surface area contributed by atoms with Crippen molar-refractivity contribution in [2.45, 2.75) is 6.54 Å². The van der Waals surface area contributed by atoms with E-state index in [1.807, 2.05) is 25.2 Å². The fraction of sp³-hybridized carbons (Fsp3) is 0.250. The molecule has 12 heavy (non-hydrogen) atoms. The molecule has 1 N–H and O–H groups in total. The molecule has 1 heterocycles. The van der Waals surface area contributed by atoms with Gasteiger partial charge in [0.1, 0.15) is 11.0 Å². The van der Waals surface area contributed by atoms with Gasteiger partial charge in [-0.15, -0.1) is 0 Å². The molecule has 0 aliphatic heterocycles. The highest BCUT2D eigenvalue weighted by Crippen LogP contribution is 2.13. The van der Waals surface area contributed by atoms with Crippen molar-refractivity contribution in [2.24, 2.45) is 0 Å². The number of aromatic nitrogens is 2. The van der Waals surface area contributed by atoms with Gasteiger partial charge < -0.3 is 5.32 Å². The normalized spacial score (nSPS) is 10.8. The summed E-state index contributed by atoms with van der Waals surface area (Å²) in [6.07, 6.45) is 0. The Balaban J connectivity index is 2.57. The van der Waals surface area contributed by atoms with Gasteiger partial charge in [0.25, 0.3) is 0 Å². The molecule has 0 saturated carbocycles. The third kappa shape index (κ3) is 1.06. The lowest BCUT2D eigenvalue weighted by molar-refractivity contribution is 0.315. The zero-order valence-corrected chi connectivity index (χ0v) is 6.74. The summed E-state index contributed by atoms with van der Waals surface area (Å²) in [7, 11) is 1.90. The average molecular weight is 163 g/mol. The summed E-state index contributed by atoms with van der Waals surface area (Å²) in [5.41, 5.74) is 2.76. The Kier molecular flexibility index (Phi) is 1.75. The van der Waals surface area contributed by atoms with E-state index in [9.17, 15) is 0 Å². The molecule has 0 saturated heterocycles. The second-order valence-electron chi connectivity index (χ2n) is 2.58. The first-order valence-corrected chi connectivity index (χ1v) is 3.76. The first-order chi connectivity index (χ1) is 5.92. The van der Waals surface area contributed by atoms with Crippen LogP contribution in [0, 0.1) is 0 Å². The highest BCUT2D eigenvalue weighted by atomic mass is 16.6. The van der Waals surface area contributed by atoms with E-state index >= 15 is 0 Å². The van der Waals surface area contributed by atoms with Crippen molar-refractivity contribution in [1.29, 1.82) is 0 Å². The largest absolute Gasteiger partial charge is 0.316 e. The van der Waals surface area contributed by atoms with Crippen LogP contribution in [0.1, 0.15) is 5.56 Å². The van der Waals surface area contributed by atoms with Crippen LogP contribution in [-0.4, -0.2) is 17.4 Å². The Bertz CT molecular complexity index is 382. The molecule has 0 spiro atoms. The Morgan fingerprint density at radius 1 is 1.42 bits per heavy atom. The molecule has 62 valence electrons. The Labute approximate surface area is 69.5 Å². The molecule has 0 atom stereocenters. The Morgan fingerprint density at radius 2 is 2.33 bits per heavy atom. The van der Waals surface area contributed by atoms with Gasteiger partial charge >= 0.3 is 0 Å². The maximum Gasteiger partial charge on any atom is 0.139 e. The number of hydrogen-bond acceptors (Lipinski definition) is 4. The molecule has 2 aromatic rings. The van der Waals surface area contributed by atoms with Crippen molar-refractivity contribution in [1.82, 2.24) is 15.6 Å². The van der Waals surface area contributed by atoms with Gasteiger partial charge in [-0.2, -0.15) is 0 Å². The van der Waals surface area contributed by atoms with Crippen LogP contribution in [0.2, 0.25) is 0 Å². The fourth-order valence-corrected chi connectivity index (χ4v) is 1.20. The van der Waals surface area contributed by atoms with Crippen molar-refractivity contribution in [3.8, 4) is 0 Å². The van der Waals surface area contributed by atoms with Crippen molar-refractivity contribution in [3.63, 3.8) is 0 Å².